The Balaban J connectivity index is 1.32. The number of para-hydroxylation sites is 3. The van der Waals surface area contributed by atoms with Crippen molar-refractivity contribution in [3.63, 3.8) is 0 Å². The van der Waals surface area contributed by atoms with Crippen LogP contribution in [-0.2, 0) is 5.41 Å². The van der Waals surface area contributed by atoms with Crippen LogP contribution in [0, 0.1) is 0 Å². The van der Waals surface area contributed by atoms with Crippen molar-refractivity contribution in [3.05, 3.63) is 139 Å². The van der Waals surface area contributed by atoms with E-state index in [4.69, 9.17) is 14.4 Å². The van der Waals surface area contributed by atoms with E-state index in [1.165, 1.54) is 33.0 Å². The van der Waals surface area contributed by atoms with Crippen LogP contribution in [0.3, 0.4) is 0 Å². The molecule has 3 aromatic heterocycles. The molecule has 0 atom stereocenters. The Labute approximate surface area is 259 Å². The molecule has 4 heteroatoms. The van der Waals surface area contributed by atoms with E-state index >= 15 is 0 Å². The third-order valence-corrected chi connectivity index (χ3v) is 9.82. The van der Waals surface area contributed by atoms with Crippen LogP contribution in [0.5, 0.6) is 0 Å². The molecule has 0 radical (unpaired) electrons. The van der Waals surface area contributed by atoms with Gasteiger partial charge in [0, 0.05) is 37.9 Å². The Kier molecular flexibility index (Phi) is 4.76. The first-order chi connectivity index (χ1) is 22.1. The fourth-order valence-electron chi connectivity index (χ4n) is 7.72. The van der Waals surface area contributed by atoms with Crippen LogP contribution in [-0.4, -0.2) is 14.5 Å². The summed E-state index contributed by atoms with van der Waals surface area (Å²) in [6.45, 7) is 4.67. The van der Waals surface area contributed by atoms with Crippen molar-refractivity contribution in [3.8, 4) is 28.3 Å². The number of benzene rings is 6. The molecule has 45 heavy (non-hydrogen) atoms. The maximum Gasteiger partial charge on any atom is 0.235 e. The van der Waals surface area contributed by atoms with E-state index in [-0.39, 0.29) is 5.41 Å². The number of rotatable bonds is 2. The average molecular weight is 578 g/mol. The highest BCUT2D eigenvalue weighted by molar-refractivity contribution is 6.15. The number of fused-ring (bicyclic) bond motifs is 10. The molecule has 1 aliphatic carbocycles. The zero-order chi connectivity index (χ0) is 29.9. The summed E-state index contributed by atoms with van der Waals surface area (Å²) in [5, 5.41) is 5.58. The lowest BCUT2D eigenvalue weighted by atomic mass is 9.82. The molecule has 9 aromatic rings. The van der Waals surface area contributed by atoms with Crippen LogP contribution in [0.4, 0.5) is 0 Å². The predicted octanol–water partition coefficient (Wildman–Crippen LogP) is 10.6. The summed E-state index contributed by atoms with van der Waals surface area (Å²) < 4.78 is 8.54. The Bertz CT molecular complexity index is 2690. The molecule has 1 aliphatic rings. The first-order valence-electron chi connectivity index (χ1n) is 15.4. The van der Waals surface area contributed by atoms with Crippen LogP contribution < -0.4 is 0 Å². The number of furan rings is 1. The van der Waals surface area contributed by atoms with E-state index in [0.717, 1.165) is 55.1 Å². The van der Waals surface area contributed by atoms with E-state index in [1.807, 2.05) is 18.2 Å². The van der Waals surface area contributed by atoms with E-state index in [2.05, 4.69) is 128 Å². The van der Waals surface area contributed by atoms with Gasteiger partial charge in [-0.2, -0.15) is 0 Å². The van der Waals surface area contributed by atoms with E-state index < -0.39 is 0 Å². The molecule has 0 unspecified atom stereocenters. The summed E-state index contributed by atoms with van der Waals surface area (Å²) in [4.78, 5) is 10.7. The average Bonchev–Trinajstić information content (AvgIpc) is 3.69. The fraction of sp³-hybridized carbons (Fsp3) is 0.0732. The molecule has 0 amide bonds. The summed E-state index contributed by atoms with van der Waals surface area (Å²) in [5.41, 5.74) is 12.0. The van der Waals surface area contributed by atoms with Gasteiger partial charge in [0.1, 0.15) is 11.2 Å². The molecular formula is C41H27N3O. The van der Waals surface area contributed by atoms with Crippen molar-refractivity contribution in [2.24, 2.45) is 0 Å². The highest BCUT2D eigenvalue weighted by atomic mass is 16.3. The zero-order valence-corrected chi connectivity index (χ0v) is 24.9. The van der Waals surface area contributed by atoms with Crippen LogP contribution in [0.25, 0.3) is 83.0 Å². The third kappa shape index (κ3) is 3.26. The van der Waals surface area contributed by atoms with Crippen LogP contribution in [0.2, 0.25) is 0 Å². The van der Waals surface area contributed by atoms with E-state index in [1.54, 1.807) is 0 Å². The van der Waals surface area contributed by atoms with Crippen LogP contribution in [0.15, 0.2) is 132 Å². The molecule has 0 fully saturated rings. The topological polar surface area (TPSA) is 43.9 Å². The number of hydrogen-bond donors (Lipinski definition) is 0. The van der Waals surface area contributed by atoms with Gasteiger partial charge >= 0.3 is 0 Å². The van der Waals surface area contributed by atoms with Gasteiger partial charge in [-0.1, -0.05) is 105 Å². The molecule has 10 rings (SSSR count). The van der Waals surface area contributed by atoms with Gasteiger partial charge in [0.25, 0.3) is 0 Å². The summed E-state index contributed by atoms with van der Waals surface area (Å²) in [6, 6.07) is 45.0. The summed E-state index contributed by atoms with van der Waals surface area (Å²) in [7, 11) is 0. The van der Waals surface area contributed by atoms with Crippen molar-refractivity contribution >= 4 is 54.6 Å². The number of hydrogen-bond acceptors (Lipinski definition) is 3. The molecule has 212 valence electrons. The minimum Gasteiger partial charge on any atom is -0.456 e. The largest absolute Gasteiger partial charge is 0.456 e. The molecule has 0 spiro atoms. The highest BCUT2D eigenvalue weighted by Gasteiger charge is 2.36. The smallest absolute Gasteiger partial charge is 0.235 e. The van der Waals surface area contributed by atoms with Gasteiger partial charge in [-0.15, -0.1) is 0 Å². The summed E-state index contributed by atoms with van der Waals surface area (Å²) in [5.74, 6) is 0.658. The number of aromatic nitrogens is 3. The molecule has 0 saturated carbocycles. The lowest BCUT2D eigenvalue weighted by Gasteiger charge is -2.21. The molecule has 6 aromatic carbocycles. The molecule has 0 aliphatic heterocycles. The fourth-order valence-corrected chi connectivity index (χ4v) is 7.72. The Morgan fingerprint density at radius 2 is 1.24 bits per heavy atom. The minimum absolute atomic E-state index is 0.0814. The summed E-state index contributed by atoms with van der Waals surface area (Å²) in [6.07, 6.45) is 0. The normalized spacial score (nSPS) is 13.7. The molecule has 3 heterocycles. The van der Waals surface area contributed by atoms with Crippen LogP contribution in [0.1, 0.15) is 25.0 Å². The third-order valence-electron chi connectivity index (χ3n) is 9.82. The van der Waals surface area contributed by atoms with Crippen molar-refractivity contribution in [2.45, 2.75) is 19.3 Å². The van der Waals surface area contributed by atoms with Gasteiger partial charge in [0.15, 0.2) is 0 Å². The first-order valence-corrected chi connectivity index (χ1v) is 15.4. The second-order valence-electron chi connectivity index (χ2n) is 12.6. The maximum absolute atomic E-state index is 6.28. The molecule has 4 nitrogen and oxygen atoms in total. The Morgan fingerprint density at radius 1 is 0.533 bits per heavy atom. The maximum atomic E-state index is 6.28. The monoisotopic (exact) mass is 577 g/mol. The van der Waals surface area contributed by atoms with Crippen molar-refractivity contribution in [1.82, 2.24) is 14.5 Å². The van der Waals surface area contributed by atoms with Crippen molar-refractivity contribution < 1.29 is 4.42 Å². The molecule has 0 saturated heterocycles. The van der Waals surface area contributed by atoms with Gasteiger partial charge in [0.2, 0.25) is 5.95 Å². The van der Waals surface area contributed by atoms with Crippen molar-refractivity contribution in [1.29, 1.82) is 0 Å². The van der Waals surface area contributed by atoms with Gasteiger partial charge in [-0.25, -0.2) is 9.97 Å². The van der Waals surface area contributed by atoms with Gasteiger partial charge < -0.3 is 4.42 Å². The Morgan fingerprint density at radius 3 is 2.16 bits per heavy atom. The molecule has 0 bridgehead atoms. The molecule has 0 N–H and O–H groups in total. The zero-order valence-electron chi connectivity index (χ0n) is 24.9. The molecular weight excluding hydrogens is 550 g/mol. The van der Waals surface area contributed by atoms with Gasteiger partial charge in [-0.05, 0) is 58.7 Å². The lowest BCUT2D eigenvalue weighted by Crippen LogP contribution is -2.14. The minimum atomic E-state index is -0.0814. The van der Waals surface area contributed by atoms with Crippen LogP contribution >= 0.6 is 0 Å². The van der Waals surface area contributed by atoms with Gasteiger partial charge in [-0.3, -0.25) is 4.57 Å². The van der Waals surface area contributed by atoms with E-state index in [9.17, 15) is 0 Å². The summed E-state index contributed by atoms with van der Waals surface area (Å²) >= 11 is 0. The SMILES string of the molecule is CC1(C)c2ccccc2-c2cc3c(cc21)c1ccccc1n3-c1nc(-c2cccc3oc4ccccc4c23)c2ccccc2n1. The number of nitrogens with zero attached hydrogens (tertiary/aromatic N) is 3. The Hall–Kier alpha value is -5.74. The quantitative estimate of drug-likeness (QED) is 0.205. The second kappa shape index (κ2) is 8.67. The first kappa shape index (κ1) is 24.7. The lowest BCUT2D eigenvalue weighted by molar-refractivity contribution is 0.661. The van der Waals surface area contributed by atoms with Gasteiger partial charge in [0.05, 0.1) is 22.2 Å². The van der Waals surface area contributed by atoms with E-state index in [0.29, 0.717) is 5.95 Å². The second-order valence-corrected chi connectivity index (χ2v) is 12.6. The predicted molar refractivity (Wildman–Crippen MR) is 184 cm³/mol. The standard InChI is InChI=1S/C41H27N3O/c1-41(2)31-17-7-3-12-24(31)29-23-35-30(22-32(29)41)25-13-5-9-19-34(25)44(35)40-42-33-18-8-4-14-26(33)39(43-40)28-16-11-21-37-38(28)27-15-6-10-20-36(27)45-37/h3-23H,1-2H3. The van der Waals surface area contributed by atoms with Crippen molar-refractivity contribution in [2.75, 3.05) is 0 Å². The highest BCUT2D eigenvalue weighted by Crippen LogP contribution is 2.51.